The second kappa shape index (κ2) is 7.61. The minimum atomic E-state index is -0.143. The number of nitrogens with zero attached hydrogens (tertiary/aromatic N) is 3. The summed E-state index contributed by atoms with van der Waals surface area (Å²) in [4.78, 5) is 26.6. The molecule has 0 saturated heterocycles. The van der Waals surface area contributed by atoms with Crippen LogP contribution in [-0.2, 0) is 11.2 Å². The fourth-order valence-electron chi connectivity index (χ4n) is 4.31. The molecule has 31 heavy (non-hydrogen) atoms. The van der Waals surface area contributed by atoms with Crippen molar-refractivity contribution in [2.45, 2.75) is 32.7 Å². The van der Waals surface area contributed by atoms with E-state index in [-0.39, 0.29) is 24.0 Å². The highest BCUT2D eigenvalue weighted by atomic mass is 16.5. The highest BCUT2D eigenvalue weighted by molar-refractivity contribution is 5.99. The molecule has 1 unspecified atom stereocenters. The van der Waals surface area contributed by atoms with Gasteiger partial charge in [0.15, 0.2) is 5.82 Å². The maximum Gasteiger partial charge on any atom is 0.251 e. The maximum absolute atomic E-state index is 13.1. The van der Waals surface area contributed by atoms with Crippen LogP contribution in [0.3, 0.4) is 0 Å². The van der Waals surface area contributed by atoms with Crippen molar-refractivity contribution < 1.29 is 9.53 Å². The third-order valence-electron chi connectivity index (χ3n) is 5.85. The van der Waals surface area contributed by atoms with Crippen molar-refractivity contribution in [3.63, 3.8) is 0 Å². The van der Waals surface area contributed by atoms with E-state index in [1.165, 1.54) is 0 Å². The van der Waals surface area contributed by atoms with E-state index in [0.29, 0.717) is 11.4 Å². The lowest BCUT2D eigenvalue weighted by Gasteiger charge is -2.36. The van der Waals surface area contributed by atoms with Gasteiger partial charge in [-0.05, 0) is 42.5 Å². The first kappa shape index (κ1) is 19.4. The molecule has 0 saturated carbocycles. The van der Waals surface area contributed by atoms with Gasteiger partial charge in [0.05, 0.1) is 17.3 Å². The van der Waals surface area contributed by atoms with E-state index in [4.69, 9.17) is 9.72 Å². The van der Waals surface area contributed by atoms with Crippen LogP contribution < -0.4 is 10.1 Å². The number of carbonyl (C=O) groups excluding carboxylic acids is 1. The lowest BCUT2D eigenvalue weighted by atomic mass is 9.74. The van der Waals surface area contributed by atoms with E-state index < -0.39 is 0 Å². The Bertz CT molecular complexity index is 1170. The molecule has 1 aromatic carbocycles. The molecule has 6 nitrogen and oxygen atoms in total. The van der Waals surface area contributed by atoms with Crippen LogP contribution in [0, 0.1) is 5.41 Å². The minimum absolute atomic E-state index is 0.0128. The van der Waals surface area contributed by atoms with Crippen molar-refractivity contribution in [1.29, 1.82) is 0 Å². The first-order valence-corrected chi connectivity index (χ1v) is 10.5. The molecule has 5 rings (SSSR count). The fourth-order valence-corrected chi connectivity index (χ4v) is 4.31. The molecule has 2 aliphatic rings. The summed E-state index contributed by atoms with van der Waals surface area (Å²) < 4.78 is 5.76. The molecule has 0 fully saturated rings. The summed E-state index contributed by atoms with van der Waals surface area (Å²) in [5.74, 6) is 1.38. The summed E-state index contributed by atoms with van der Waals surface area (Å²) in [6, 6.07) is 11.4. The Balaban J connectivity index is 1.43. The predicted octanol–water partition coefficient (Wildman–Crippen LogP) is 4.14. The number of hydrogen-bond donors (Lipinski definition) is 1. The van der Waals surface area contributed by atoms with E-state index in [2.05, 4.69) is 29.1 Å². The zero-order valence-electron chi connectivity index (χ0n) is 17.6. The third-order valence-corrected chi connectivity index (χ3v) is 5.85. The summed E-state index contributed by atoms with van der Waals surface area (Å²) in [5, 5.41) is 3.21. The van der Waals surface area contributed by atoms with E-state index in [1.807, 2.05) is 48.7 Å². The number of amides is 1. The average molecular weight is 412 g/mol. The van der Waals surface area contributed by atoms with Crippen molar-refractivity contribution in [1.82, 2.24) is 20.3 Å². The normalized spacial score (nSPS) is 18.8. The number of hydrogen-bond acceptors (Lipinski definition) is 5. The molecule has 3 aromatic rings. The van der Waals surface area contributed by atoms with Crippen LogP contribution >= 0.6 is 0 Å². The van der Waals surface area contributed by atoms with Crippen molar-refractivity contribution in [3.05, 3.63) is 77.4 Å². The van der Waals surface area contributed by atoms with E-state index in [0.717, 1.165) is 41.0 Å². The SMILES string of the molecule is CC1(C)Cc2nc(-c3ccncc3)ncc2C(NC(=O)C2=Cc3ccccc3OC2)C1. The van der Waals surface area contributed by atoms with E-state index in [1.54, 1.807) is 12.4 Å². The van der Waals surface area contributed by atoms with Gasteiger partial charge in [0.1, 0.15) is 12.4 Å². The van der Waals surface area contributed by atoms with Gasteiger partial charge in [0.25, 0.3) is 5.91 Å². The van der Waals surface area contributed by atoms with E-state index in [9.17, 15) is 4.79 Å². The van der Waals surface area contributed by atoms with Crippen molar-refractivity contribution >= 4 is 12.0 Å². The molecule has 1 aliphatic heterocycles. The predicted molar refractivity (Wildman–Crippen MR) is 118 cm³/mol. The second-order valence-electron chi connectivity index (χ2n) is 8.90. The Morgan fingerprint density at radius 2 is 1.97 bits per heavy atom. The number of carbonyl (C=O) groups is 1. The number of aromatic nitrogens is 3. The highest BCUT2D eigenvalue weighted by Gasteiger charge is 2.35. The molecule has 1 atom stereocenters. The average Bonchev–Trinajstić information content (AvgIpc) is 2.78. The molecule has 1 amide bonds. The molecule has 6 heteroatoms. The van der Waals surface area contributed by atoms with Crippen LogP contribution in [0.1, 0.15) is 43.1 Å². The Hall–Kier alpha value is -3.54. The smallest absolute Gasteiger partial charge is 0.251 e. The zero-order chi connectivity index (χ0) is 21.4. The van der Waals surface area contributed by atoms with Gasteiger partial charge in [-0.1, -0.05) is 32.0 Å². The van der Waals surface area contributed by atoms with Gasteiger partial charge in [-0.25, -0.2) is 9.97 Å². The molecule has 1 aliphatic carbocycles. The Kier molecular flexibility index (Phi) is 4.77. The van der Waals surface area contributed by atoms with Crippen LogP contribution in [0.4, 0.5) is 0 Å². The van der Waals surface area contributed by atoms with Crippen molar-refractivity contribution in [2.24, 2.45) is 5.41 Å². The van der Waals surface area contributed by atoms with Crippen LogP contribution in [-0.4, -0.2) is 27.5 Å². The number of rotatable bonds is 3. The first-order chi connectivity index (χ1) is 15.0. The third kappa shape index (κ3) is 3.93. The van der Waals surface area contributed by atoms with Gasteiger partial charge in [-0.15, -0.1) is 0 Å². The molecule has 0 radical (unpaired) electrons. The van der Waals surface area contributed by atoms with Crippen LogP contribution in [0.5, 0.6) is 5.75 Å². The molecule has 0 spiro atoms. The minimum Gasteiger partial charge on any atom is -0.488 e. The number of benzene rings is 1. The van der Waals surface area contributed by atoms with Gasteiger partial charge in [0, 0.05) is 35.3 Å². The summed E-state index contributed by atoms with van der Waals surface area (Å²) in [5.41, 5.74) is 4.47. The van der Waals surface area contributed by atoms with Gasteiger partial charge in [-0.2, -0.15) is 0 Å². The number of para-hydroxylation sites is 1. The quantitative estimate of drug-likeness (QED) is 0.699. The van der Waals surface area contributed by atoms with Crippen molar-refractivity contribution in [3.8, 4) is 17.1 Å². The summed E-state index contributed by atoms with van der Waals surface area (Å²) in [7, 11) is 0. The fraction of sp³-hybridized carbons (Fsp3) is 0.280. The van der Waals surface area contributed by atoms with Crippen LogP contribution in [0.15, 0.2) is 60.6 Å². The number of ether oxygens (including phenoxy) is 1. The topological polar surface area (TPSA) is 77.0 Å². The lowest BCUT2D eigenvalue weighted by Crippen LogP contribution is -2.38. The first-order valence-electron chi connectivity index (χ1n) is 10.5. The van der Waals surface area contributed by atoms with Gasteiger partial charge < -0.3 is 10.1 Å². The van der Waals surface area contributed by atoms with Gasteiger partial charge in [0.2, 0.25) is 0 Å². The van der Waals surface area contributed by atoms with Crippen molar-refractivity contribution in [2.75, 3.05) is 6.61 Å². The second-order valence-corrected chi connectivity index (χ2v) is 8.90. The Morgan fingerprint density at radius 3 is 2.81 bits per heavy atom. The monoisotopic (exact) mass is 412 g/mol. The van der Waals surface area contributed by atoms with Crippen LogP contribution in [0.2, 0.25) is 0 Å². The maximum atomic E-state index is 13.1. The molecule has 0 bridgehead atoms. The molecule has 1 N–H and O–H groups in total. The van der Waals surface area contributed by atoms with E-state index >= 15 is 0 Å². The molecule has 156 valence electrons. The van der Waals surface area contributed by atoms with Gasteiger partial charge in [-0.3, -0.25) is 9.78 Å². The van der Waals surface area contributed by atoms with Crippen LogP contribution in [0.25, 0.3) is 17.5 Å². The number of nitrogens with one attached hydrogen (secondary N) is 1. The Morgan fingerprint density at radius 1 is 1.16 bits per heavy atom. The summed E-state index contributed by atoms with van der Waals surface area (Å²) in [6.45, 7) is 4.69. The molecular formula is C25H24N4O2. The van der Waals surface area contributed by atoms with Gasteiger partial charge >= 0.3 is 0 Å². The largest absolute Gasteiger partial charge is 0.488 e. The number of fused-ring (bicyclic) bond motifs is 2. The highest BCUT2D eigenvalue weighted by Crippen LogP contribution is 2.40. The Labute approximate surface area is 181 Å². The zero-order valence-corrected chi connectivity index (χ0v) is 17.6. The lowest BCUT2D eigenvalue weighted by molar-refractivity contribution is -0.118. The standard InChI is InChI=1S/C25H24N4O2/c1-25(2)12-20-19(14-27-23(28-20)16-7-9-26-10-8-16)21(13-25)29-24(30)18-11-17-5-3-4-6-22(17)31-15-18/h3-11,14,21H,12-13,15H2,1-2H3,(H,29,30). The molecule has 2 aromatic heterocycles. The molecular weight excluding hydrogens is 388 g/mol. The molecule has 3 heterocycles. The number of pyridine rings is 1. The summed E-state index contributed by atoms with van der Waals surface area (Å²) in [6.07, 6.45) is 8.92. The summed E-state index contributed by atoms with van der Waals surface area (Å²) >= 11 is 0.